The van der Waals surface area contributed by atoms with E-state index in [1.54, 1.807) is 23.1 Å². The molecule has 2 aliphatic rings. The molecular weight excluding hydrogens is 343 g/mol. The van der Waals surface area contributed by atoms with Crippen LogP contribution < -0.4 is 20.4 Å². The Bertz CT molecular complexity index is 848. The maximum absolute atomic E-state index is 14.2. The van der Waals surface area contributed by atoms with Crippen LogP contribution in [-0.4, -0.2) is 32.2 Å². The number of hydrogen-bond acceptors (Lipinski definition) is 3. The molecule has 6 heteroatoms. The molecule has 0 unspecified atom stereocenters. The summed E-state index contributed by atoms with van der Waals surface area (Å²) in [5.74, 6) is -0.286. The average Bonchev–Trinajstić information content (AvgIpc) is 2.71. The minimum Gasteiger partial charge on any atom is -0.369 e. The number of urea groups is 1. The van der Waals surface area contributed by atoms with Crippen molar-refractivity contribution in [3.8, 4) is 0 Å². The molecule has 0 bridgehead atoms. The van der Waals surface area contributed by atoms with E-state index >= 15 is 0 Å². The van der Waals surface area contributed by atoms with Gasteiger partial charge in [-0.2, -0.15) is 0 Å². The maximum atomic E-state index is 14.2. The molecule has 1 fully saturated rings. The van der Waals surface area contributed by atoms with E-state index in [4.69, 9.17) is 0 Å². The van der Waals surface area contributed by atoms with E-state index in [0.717, 1.165) is 43.9 Å². The Morgan fingerprint density at radius 1 is 1.11 bits per heavy atom. The quantitative estimate of drug-likeness (QED) is 0.872. The number of benzene rings is 2. The summed E-state index contributed by atoms with van der Waals surface area (Å²) < 4.78 is 14.2. The smallest absolute Gasteiger partial charge is 0.322 e. The van der Waals surface area contributed by atoms with Gasteiger partial charge in [-0.05, 0) is 30.2 Å². The summed E-state index contributed by atoms with van der Waals surface area (Å²) >= 11 is 0. The molecule has 5 nitrogen and oxygen atoms in total. The van der Waals surface area contributed by atoms with Crippen molar-refractivity contribution in [2.24, 2.45) is 0 Å². The standard InChI is InChI=1S/C21H25FN4O/c1-2-15-11-19(25-9-7-23-8-10-25)17-13-24-21(27)26(20(17)12-15)14-16-5-3-4-6-18(16)22/h3-6,11-12,23H,2,7-10,13-14H2,1H3,(H,24,27). The number of piperazine rings is 1. The molecule has 0 aromatic heterocycles. The third-order valence-corrected chi connectivity index (χ3v) is 5.37. The summed E-state index contributed by atoms with van der Waals surface area (Å²) in [4.78, 5) is 16.7. The van der Waals surface area contributed by atoms with Gasteiger partial charge >= 0.3 is 6.03 Å². The molecular formula is C21H25FN4O. The second kappa shape index (κ2) is 7.56. The Morgan fingerprint density at radius 2 is 1.85 bits per heavy atom. The molecule has 0 atom stereocenters. The average molecular weight is 368 g/mol. The van der Waals surface area contributed by atoms with E-state index in [9.17, 15) is 9.18 Å². The van der Waals surface area contributed by atoms with Crippen molar-refractivity contribution in [1.82, 2.24) is 10.6 Å². The lowest BCUT2D eigenvalue weighted by Gasteiger charge is -2.37. The van der Waals surface area contributed by atoms with Crippen molar-refractivity contribution in [1.29, 1.82) is 0 Å². The van der Waals surface area contributed by atoms with Crippen LogP contribution in [0.5, 0.6) is 0 Å². The molecule has 27 heavy (non-hydrogen) atoms. The number of carbonyl (C=O) groups is 1. The summed E-state index contributed by atoms with van der Waals surface area (Å²) in [5, 5.41) is 6.35. The molecule has 2 aromatic rings. The lowest BCUT2D eigenvalue weighted by molar-refractivity contribution is 0.244. The topological polar surface area (TPSA) is 47.6 Å². The number of aryl methyl sites for hydroxylation is 1. The summed E-state index contributed by atoms with van der Waals surface area (Å²) in [6.45, 7) is 6.65. The first kappa shape index (κ1) is 17.8. The zero-order valence-electron chi connectivity index (χ0n) is 15.6. The Labute approximate surface area is 159 Å². The van der Waals surface area contributed by atoms with Crippen molar-refractivity contribution in [3.05, 3.63) is 58.9 Å². The molecule has 142 valence electrons. The van der Waals surface area contributed by atoms with E-state index in [0.29, 0.717) is 12.1 Å². The van der Waals surface area contributed by atoms with Crippen LogP contribution in [-0.2, 0) is 19.5 Å². The summed E-state index contributed by atoms with van der Waals surface area (Å²) in [6, 6.07) is 10.8. The molecule has 0 spiro atoms. The predicted molar refractivity (Wildman–Crippen MR) is 106 cm³/mol. The molecule has 2 N–H and O–H groups in total. The second-order valence-corrected chi connectivity index (χ2v) is 7.04. The highest BCUT2D eigenvalue weighted by Gasteiger charge is 2.29. The normalized spacial score (nSPS) is 16.9. The fourth-order valence-corrected chi connectivity index (χ4v) is 3.84. The second-order valence-electron chi connectivity index (χ2n) is 7.04. The zero-order chi connectivity index (χ0) is 18.8. The van der Waals surface area contributed by atoms with Crippen molar-refractivity contribution in [2.45, 2.75) is 26.4 Å². The SMILES string of the molecule is CCc1cc(N2CCNCC2)c2c(c1)N(Cc1ccccc1F)C(=O)NC2. The van der Waals surface area contributed by atoms with Crippen molar-refractivity contribution in [2.75, 3.05) is 36.0 Å². The van der Waals surface area contributed by atoms with E-state index in [1.807, 2.05) is 0 Å². The first-order valence-electron chi connectivity index (χ1n) is 9.57. The predicted octanol–water partition coefficient (Wildman–Crippen LogP) is 3.03. The van der Waals surface area contributed by atoms with Crippen molar-refractivity contribution >= 4 is 17.4 Å². The van der Waals surface area contributed by atoms with Gasteiger partial charge in [0.05, 0.1) is 12.2 Å². The highest BCUT2D eigenvalue weighted by atomic mass is 19.1. The van der Waals surface area contributed by atoms with Crippen LogP contribution in [0.15, 0.2) is 36.4 Å². The van der Waals surface area contributed by atoms with Gasteiger partial charge < -0.3 is 15.5 Å². The van der Waals surface area contributed by atoms with Crippen molar-refractivity contribution < 1.29 is 9.18 Å². The molecule has 2 heterocycles. The first-order valence-corrected chi connectivity index (χ1v) is 9.57. The lowest BCUT2D eigenvalue weighted by Crippen LogP contribution is -2.47. The Balaban J connectivity index is 1.76. The van der Waals surface area contributed by atoms with Crippen LogP contribution in [0.25, 0.3) is 0 Å². The molecule has 2 aromatic carbocycles. The van der Waals surface area contributed by atoms with Crippen LogP contribution >= 0.6 is 0 Å². The monoisotopic (exact) mass is 368 g/mol. The van der Waals surface area contributed by atoms with Gasteiger partial charge in [0.1, 0.15) is 5.82 Å². The number of nitrogens with zero attached hydrogens (tertiary/aromatic N) is 2. The Hall–Kier alpha value is -2.60. The van der Waals surface area contributed by atoms with Gasteiger partial charge in [0.25, 0.3) is 0 Å². The number of carbonyl (C=O) groups excluding carboxylic acids is 1. The number of halogens is 1. The molecule has 2 amide bonds. The van der Waals surface area contributed by atoms with E-state index in [2.05, 4.69) is 34.6 Å². The van der Waals surface area contributed by atoms with E-state index in [-0.39, 0.29) is 18.4 Å². The van der Waals surface area contributed by atoms with Crippen LogP contribution in [0.2, 0.25) is 0 Å². The van der Waals surface area contributed by atoms with Gasteiger partial charge in [0, 0.05) is 49.5 Å². The third kappa shape index (κ3) is 3.49. The Morgan fingerprint density at radius 3 is 2.59 bits per heavy atom. The Kier molecular flexibility index (Phi) is 4.99. The van der Waals surface area contributed by atoms with E-state index in [1.165, 1.54) is 17.3 Å². The highest BCUT2D eigenvalue weighted by molar-refractivity contribution is 5.96. The van der Waals surface area contributed by atoms with Crippen LogP contribution in [0.1, 0.15) is 23.6 Å². The van der Waals surface area contributed by atoms with Crippen LogP contribution in [0.4, 0.5) is 20.6 Å². The molecule has 0 saturated carbocycles. The molecule has 4 rings (SSSR count). The molecule has 1 saturated heterocycles. The van der Waals surface area contributed by atoms with Gasteiger partial charge in [-0.3, -0.25) is 4.90 Å². The zero-order valence-corrected chi connectivity index (χ0v) is 15.6. The fourth-order valence-electron chi connectivity index (χ4n) is 3.84. The summed E-state index contributed by atoms with van der Waals surface area (Å²) in [7, 11) is 0. The third-order valence-electron chi connectivity index (χ3n) is 5.37. The largest absolute Gasteiger partial charge is 0.369 e. The summed E-state index contributed by atoms with van der Waals surface area (Å²) in [6.07, 6.45) is 0.890. The molecule has 2 aliphatic heterocycles. The molecule has 0 radical (unpaired) electrons. The minimum absolute atomic E-state index is 0.176. The van der Waals surface area contributed by atoms with Gasteiger partial charge in [-0.15, -0.1) is 0 Å². The summed E-state index contributed by atoms with van der Waals surface area (Å²) in [5.41, 5.74) is 4.91. The van der Waals surface area contributed by atoms with Gasteiger partial charge in [-0.25, -0.2) is 9.18 Å². The lowest BCUT2D eigenvalue weighted by atomic mass is 10.00. The van der Waals surface area contributed by atoms with Crippen molar-refractivity contribution in [3.63, 3.8) is 0 Å². The number of fused-ring (bicyclic) bond motifs is 1. The van der Waals surface area contributed by atoms with Gasteiger partial charge in [-0.1, -0.05) is 25.1 Å². The van der Waals surface area contributed by atoms with Crippen LogP contribution in [0.3, 0.4) is 0 Å². The number of amides is 2. The number of anilines is 2. The van der Waals surface area contributed by atoms with Crippen LogP contribution in [0, 0.1) is 5.82 Å². The first-order chi connectivity index (χ1) is 13.2. The van der Waals surface area contributed by atoms with Gasteiger partial charge in [0.2, 0.25) is 0 Å². The van der Waals surface area contributed by atoms with Gasteiger partial charge in [0.15, 0.2) is 0 Å². The highest BCUT2D eigenvalue weighted by Crippen LogP contribution is 2.36. The number of rotatable bonds is 4. The molecule has 0 aliphatic carbocycles. The minimum atomic E-state index is -0.286. The number of hydrogen-bond donors (Lipinski definition) is 2. The fraction of sp³-hybridized carbons (Fsp3) is 0.381. The number of nitrogens with one attached hydrogen (secondary N) is 2. The van der Waals surface area contributed by atoms with E-state index < -0.39 is 0 Å². The maximum Gasteiger partial charge on any atom is 0.322 e.